The van der Waals surface area contributed by atoms with Gasteiger partial charge in [-0.2, -0.15) is 19.2 Å². The first kappa shape index (κ1) is 439. The molecule has 8 N–H and O–H groups in total. The monoisotopic (exact) mass is 364 g/mol. The fraction of sp³-hybridized carbons (Fsp3) is 0.667. The summed E-state index contributed by atoms with van der Waals surface area (Å²) in [7, 11) is 0. The second-order valence-electron chi connectivity index (χ2n) is 0.167. The van der Waals surface area contributed by atoms with Gasteiger partial charge in [0.25, 0.3) is 0 Å². The van der Waals surface area contributed by atoms with Gasteiger partial charge >= 0.3 is 34.9 Å². The molecule has 0 radical (unpaired) electrons. The second-order valence-corrected chi connectivity index (χ2v) is 0.167. The molecule has 0 heterocycles. The van der Waals surface area contributed by atoms with Crippen LogP contribution in [0.1, 0.15) is 73.7 Å². The van der Waals surface area contributed by atoms with Gasteiger partial charge in [-0.15, -0.1) is 0 Å². The Bertz CT molecular complexity index is 153. The maximum Gasteiger partial charge on any atom is 0 e. The van der Waals surface area contributed by atoms with E-state index in [1.54, 1.807) is 0 Å². The molecule has 0 fully saturated rings. The molecule has 0 aliphatic carbocycles. The van der Waals surface area contributed by atoms with E-state index < -0.39 is 0 Å². The Labute approximate surface area is 151 Å². The Morgan fingerprint density at radius 1 is 0.455 bits per heavy atom. The molecular formula is C12H60O10. The minimum atomic E-state index is 0. The number of rotatable bonds is 0. The third kappa shape index (κ3) is 1430. The maximum atomic E-state index is 8.12. The first-order chi connectivity index (χ1) is 4.83. The van der Waals surface area contributed by atoms with Crippen LogP contribution in [-0.2, 0) is 28.5 Å². The van der Waals surface area contributed by atoms with Crippen LogP contribution in [0.3, 0.4) is 0 Å². The molecule has 10 heteroatoms. The number of carbonyl (C=O) groups excluding carboxylic acids is 4. The van der Waals surface area contributed by atoms with Gasteiger partial charge in [0.2, 0.25) is 0 Å². The van der Waals surface area contributed by atoms with E-state index >= 15 is 0 Å². The predicted molar refractivity (Wildman–Crippen MR) is 107 cm³/mol. The molecule has 0 atom stereocenters. The van der Waals surface area contributed by atoms with Crippen LogP contribution < -0.4 is 0 Å². The molecule has 168 valence electrons. The molecule has 22 heavy (non-hydrogen) atoms. The summed E-state index contributed by atoms with van der Waals surface area (Å²) in [4.78, 5) is 32.5. The minimum absolute atomic E-state index is 0. The Morgan fingerprint density at radius 2 is 0.455 bits per heavy atom. The molecule has 0 saturated carbocycles. The fourth-order valence-electron chi connectivity index (χ4n) is 0. The van der Waals surface area contributed by atoms with Crippen molar-refractivity contribution in [2.75, 3.05) is 0 Å². The van der Waals surface area contributed by atoms with E-state index in [1.165, 1.54) is 0 Å². The molecule has 0 bridgehead atoms. The molecule has 0 amide bonds. The van der Waals surface area contributed by atoms with Gasteiger partial charge < -0.3 is 21.9 Å². The van der Waals surface area contributed by atoms with Crippen molar-refractivity contribution in [1.82, 2.24) is 0 Å². The zero-order valence-electron chi connectivity index (χ0n) is 6.45. The number of hydrogen-bond acceptors (Lipinski definition) is 4. The topological polar surface area (TPSA) is 234 Å². The predicted octanol–water partition coefficient (Wildman–Crippen LogP) is 3.01. The van der Waals surface area contributed by atoms with Crippen molar-refractivity contribution in [2.45, 2.75) is 59.4 Å². The average molecular weight is 365 g/mol. The third-order valence-electron chi connectivity index (χ3n) is 0. The van der Waals surface area contributed by atoms with Crippen molar-refractivity contribution in [3.8, 4) is 0 Å². The van der Waals surface area contributed by atoms with Crippen molar-refractivity contribution in [3.63, 3.8) is 0 Å². The van der Waals surface area contributed by atoms with Crippen molar-refractivity contribution in [2.24, 2.45) is 0 Å². The van der Waals surface area contributed by atoms with Crippen LogP contribution in [0.25, 0.3) is 0 Å². The molecular weight excluding hydrogens is 304 g/mol. The smallest absolute Gasteiger partial charge is 0 e. The van der Waals surface area contributed by atoms with Crippen molar-refractivity contribution < 1.29 is 64.7 Å². The average Bonchev–Trinajstić information content (AvgIpc) is 1.99. The first-order valence-corrected chi connectivity index (χ1v) is 1.22. The van der Waals surface area contributed by atoms with Gasteiger partial charge in [-0.3, -0.25) is 0 Å². The van der Waals surface area contributed by atoms with E-state index in [-0.39, 0.29) is 108 Å². The van der Waals surface area contributed by atoms with Crippen LogP contribution in [0.4, 0.5) is 0 Å². The van der Waals surface area contributed by atoms with Crippen LogP contribution >= 0.6 is 0 Å². The summed E-state index contributed by atoms with van der Waals surface area (Å²) in [5.41, 5.74) is 0. The van der Waals surface area contributed by atoms with Crippen LogP contribution in [0, 0.1) is 13.3 Å². The molecule has 0 saturated heterocycles. The van der Waals surface area contributed by atoms with Gasteiger partial charge in [0.15, 0.2) is 0 Å². The summed E-state index contributed by atoms with van der Waals surface area (Å²) in [5, 5.41) is 0. The minimum Gasteiger partial charge on any atom is 0 e. The van der Waals surface area contributed by atoms with Gasteiger partial charge in [0.05, 0.1) is 0 Å². The van der Waals surface area contributed by atoms with E-state index in [0.717, 1.165) is 0 Å². The summed E-state index contributed by atoms with van der Waals surface area (Å²) in [6.45, 7) is 9.00. The van der Waals surface area contributed by atoms with E-state index in [1.807, 2.05) is 0 Å². The Hall–Kier alpha value is -1.92. The SMILES string of the molecule is C.C.C.C.C.C.C.C.O.O.O.O.O=C=O.O=C=O.[C-]#[O+].[C-]#[O+].[HH].[HH].[HH].[HH].[HH].[HH].[HH].[HH].[HH].[HH]. The molecule has 10 nitrogen and oxygen atoms in total. The van der Waals surface area contributed by atoms with Crippen molar-refractivity contribution >= 4 is 12.3 Å². The van der Waals surface area contributed by atoms with Crippen LogP contribution in [0.5, 0.6) is 0 Å². The first-order valence-electron chi connectivity index (χ1n) is 1.22. The second kappa shape index (κ2) is 975000. The maximum absolute atomic E-state index is 8.12. The van der Waals surface area contributed by atoms with E-state index in [9.17, 15) is 0 Å². The summed E-state index contributed by atoms with van der Waals surface area (Å²) < 4.78 is 15.0. The Kier molecular flexibility index (Phi) is 19500000. The molecule has 0 aromatic rings. The molecule has 0 spiro atoms. The normalized spacial score (nSPS) is 0.909. The number of hydrogen-bond donors (Lipinski definition) is 0. The Balaban J connectivity index is -0.000000000511. The molecule has 0 aromatic carbocycles. The summed E-state index contributed by atoms with van der Waals surface area (Å²) >= 11 is 0. The van der Waals surface area contributed by atoms with Crippen LogP contribution in [-0.4, -0.2) is 34.2 Å². The van der Waals surface area contributed by atoms with Gasteiger partial charge in [-0.05, 0) is 0 Å². The van der Waals surface area contributed by atoms with Gasteiger partial charge in [0, 0.05) is 14.3 Å². The zero-order valence-corrected chi connectivity index (χ0v) is 6.45. The largest absolute Gasteiger partial charge is 0 e. The molecule has 0 unspecified atom stereocenters. The van der Waals surface area contributed by atoms with Crippen LogP contribution in [0.15, 0.2) is 0 Å². The van der Waals surface area contributed by atoms with Crippen molar-refractivity contribution in [3.05, 3.63) is 13.3 Å². The van der Waals surface area contributed by atoms with E-state index in [2.05, 4.69) is 13.3 Å². The van der Waals surface area contributed by atoms with Gasteiger partial charge in [0.1, 0.15) is 0 Å². The third-order valence-corrected chi connectivity index (χ3v) is 0. The summed E-state index contributed by atoms with van der Waals surface area (Å²) in [5.74, 6) is 0. The summed E-state index contributed by atoms with van der Waals surface area (Å²) in [6, 6.07) is 0. The van der Waals surface area contributed by atoms with E-state index in [0.29, 0.717) is 0 Å². The summed E-state index contributed by atoms with van der Waals surface area (Å²) in [6.07, 6.45) is 0.500. The zero-order chi connectivity index (χ0) is 9.41. The van der Waals surface area contributed by atoms with Crippen LogP contribution in [0.2, 0.25) is 0 Å². The Morgan fingerprint density at radius 3 is 0.455 bits per heavy atom. The van der Waals surface area contributed by atoms with Gasteiger partial charge in [-0.1, -0.05) is 59.4 Å². The molecule has 0 aliphatic rings. The molecule has 0 aliphatic heterocycles. The standard InChI is InChI=1S/2CO2.2CO.8CH4.4H2O.10H2/c2*2-1-3;2*1-2;;;;;;;;;;;;;;;;;;;;;;/h;;;;8*1H4;4*1H2;10*1H. The van der Waals surface area contributed by atoms with E-state index in [4.69, 9.17) is 28.5 Å². The fourth-order valence-corrected chi connectivity index (χ4v) is 0. The van der Waals surface area contributed by atoms with Crippen molar-refractivity contribution in [1.29, 1.82) is 0 Å². The quantitative estimate of drug-likeness (QED) is 0.464. The molecule has 0 rings (SSSR count). The molecule has 0 aromatic heterocycles. The van der Waals surface area contributed by atoms with Gasteiger partial charge in [-0.25, -0.2) is 0 Å².